The summed E-state index contributed by atoms with van der Waals surface area (Å²) >= 11 is 5.61. The van der Waals surface area contributed by atoms with Crippen LogP contribution in [0.25, 0.3) is 0 Å². The first kappa shape index (κ1) is 19.4. The Labute approximate surface area is 144 Å². The van der Waals surface area contributed by atoms with Crippen molar-refractivity contribution in [2.45, 2.75) is 18.6 Å². The predicted molar refractivity (Wildman–Crippen MR) is 79.6 cm³/mol. The molecule has 1 aromatic carbocycles. The Morgan fingerprint density at radius 3 is 2.28 bits per heavy atom. The number of aromatic nitrogens is 3. The molecule has 1 N–H and O–H groups in total. The number of ether oxygens (including phenoxy) is 1. The van der Waals surface area contributed by atoms with Gasteiger partial charge in [-0.1, -0.05) is 0 Å². The number of hydrogen-bond acceptors (Lipinski definition) is 4. The van der Waals surface area contributed by atoms with E-state index < -0.39 is 34.2 Å². The highest BCUT2D eigenvalue weighted by Gasteiger charge is 2.58. The molecule has 138 valence electrons. The van der Waals surface area contributed by atoms with Crippen LogP contribution in [-0.2, 0) is 5.54 Å². The minimum Gasteiger partial charge on any atom is -0.492 e. The molecule has 2 aromatic rings. The molecule has 0 bridgehead atoms. The molecule has 0 saturated heterocycles. The summed E-state index contributed by atoms with van der Waals surface area (Å²) in [5, 5.41) is 5.47. The zero-order valence-corrected chi connectivity index (χ0v) is 13.9. The van der Waals surface area contributed by atoms with E-state index in [1.54, 1.807) is 7.05 Å². The summed E-state index contributed by atoms with van der Waals surface area (Å²) in [5.74, 6) is -3.11. The Hall–Kier alpha value is -1.94. The van der Waals surface area contributed by atoms with Gasteiger partial charge in [-0.15, -0.1) is 0 Å². The van der Waals surface area contributed by atoms with Gasteiger partial charge in [0.25, 0.3) is 0 Å². The first-order valence-corrected chi connectivity index (χ1v) is 7.40. The predicted octanol–water partition coefficient (Wildman–Crippen LogP) is 3.13. The summed E-state index contributed by atoms with van der Waals surface area (Å²) in [4.78, 5) is 3.39. The van der Waals surface area contributed by atoms with Gasteiger partial charge in [-0.2, -0.15) is 18.3 Å². The molecule has 11 heteroatoms. The van der Waals surface area contributed by atoms with Gasteiger partial charge >= 0.3 is 6.18 Å². The number of rotatable bonds is 6. The second-order valence-electron chi connectivity index (χ2n) is 5.22. The summed E-state index contributed by atoms with van der Waals surface area (Å²) in [6.45, 7) is 1.04. The van der Waals surface area contributed by atoms with Crippen molar-refractivity contribution in [1.82, 2.24) is 20.1 Å². The Morgan fingerprint density at radius 1 is 1.24 bits per heavy atom. The minimum atomic E-state index is -5.11. The number of benzene rings is 1. The quantitative estimate of drug-likeness (QED) is 0.614. The highest BCUT2D eigenvalue weighted by Crippen LogP contribution is 2.45. The van der Waals surface area contributed by atoms with Crippen LogP contribution >= 0.6 is 11.6 Å². The van der Waals surface area contributed by atoms with E-state index in [9.17, 15) is 22.0 Å². The normalized spacial score (nSPS) is 14.4. The van der Waals surface area contributed by atoms with E-state index in [4.69, 9.17) is 16.3 Å². The molecule has 0 aliphatic rings. The largest absolute Gasteiger partial charge is 0.492 e. The molecular weight excluding hydrogens is 371 g/mol. The maximum Gasteiger partial charge on any atom is 0.417 e. The van der Waals surface area contributed by atoms with Crippen LogP contribution in [0.5, 0.6) is 5.75 Å². The lowest BCUT2D eigenvalue weighted by Gasteiger charge is -2.33. The van der Waals surface area contributed by atoms with Crippen LogP contribution in [0.4, 0.5) is 22.0 Å². The smallest absolute Gasteiger partial charge is 0.417 e. The van der Waals surface area contributed by atoms with Gasteiger partial charge < -0.3 is 10.1 Å². The summed E-state index contributed by atoms with van der Waals surface area (Å²) in [6.07, 6.45) is -4.35. The highest BCUT2D eigenvalue weighted by atomic mass is 35.5. The second kappa shape index (κ2) is 7.12. The third-order valence-corrected chi connectivity index (χ3v) is 3.86. The molecule has 1 aromatic heterocycles. The fourth-order valence-corrected chi connectivity index (χ4v) is 2.52. The first-order valence-electron chi connectivity index (χ1n) is 7.02. The second-order valence-corrected chi connectivity index (χ2v) is 5.56. The molecule has 1 atom stereocenters. The number of alkyl halides is 3. The van der Waals surface area contributed by atoms with Gasteiger partial charge in [-0.3, -0.25) is 0 Å². The number of likely N-dealkylation sites (N-methyl/N-ethyl adjacent to an activating group) is 1. The van der Waals surface area contributed by atoms with Crippen molar-refractivity contribution in [1.29, 1.82) is 0 Å². The summed E-state index contributed by atoms with van der Waals surface area (Å²) in [5.41, 5.74) is -4.45. The minimum absolute atomic E-state index is 0.0835. The van der Waals surface area contributed by atoms with Crippen LogP contribution in [0.2, 0.25) is 5.28 Å². The molecule has 0 fully saturated rings. The maximum atomic E-state index is 14.4. The lowest BCUT2D eigenvalue weighted by atomic mass is 9.90. The van der Waals surface area contributed by atoms with Crippen molar-refractivity contribution in [3.05, 3.63) is 40.9 Å². The molecule has 0 amide bonds. The van der Waals surface area contributed by atoms with Gasteiger partial charge in [0.15, 0.2) is 5.54 Å². The van der Waals surface area contributed by atoms with Crippen molar-refractivity contribution in [2.75, 3.05) is 20.2 Å². The lowest BCUT2D eigenvalue weighted by Crippen LogP contribution is -2.48. The fraction of sp³-hybridized carbons (Fsp3) is 0.429. The number of nitrogens with one attached hydrogen (secondary N) is 1. The number of halogens is 6. The topological polar surface area (TPSA) is 52.0 Å². The number of hydrogen-bond donors (Lipinski definition) is 1. The fourth-order valence-electron chi connectivity index (χ4n) is 2.26. The van der Waals surface area contributed by atoms with Crippen LogP contribution < -0.4 is 10.1 Å². The Morgan fingerprint density at radius 2 is 1.84 bits per heavy atom. The third-order valence-electron chi connectivity index (χ3n) is 3.60. The Kier molecular flexibility index (Phi) is 5.52. The average molecular weight is 385 g/mol. The standard InChI is InChI=1S/C14H14ClF5N4O/c1-13(14(18,19)20,24-12(15)22-7-23-24)11-9(16)5-8(6-10(11)17)25-4-3-21-2/h5-7,21H,3-4H2,1-2H3. The summed E-state index contributed by atoms with van der Waals surface area (Å²) < 4.78 is 75.3. The number of nitrogens with zero attached hydrogens (tertiary/aromatic N) is 3. The van der Waals surface area contributed by atoms with E-state index in [0.717, 1.165) is 6.33 Å². The molecule has 0 spiro atoms. The van der Waals surface area contributed by atoms with Crippen LogP contribution in [-0.4, -0.2) is 41.1 Å². The Balaban J connectivity index is 2.58. The first-order chi connectivity index (χ1) is 11.6. The molecule has 0 aliphatic heterocycles. The molecule has 2 rings (SSSR count). The van der Waals surface area contributed by atoms with Crippen molar-refractivity contribution < 1.29 is 26.7 Å². The van der Waals surface area contributed by atoms with E-state index >= 15 is 0 Å². The van der Waals surface area contributed by atoms with Crippen molar-refractivity contribution in [2.24, 2.45) is 0 Å². The zero-order chi connectivity index (χ0) is 18.8. The zero-order valence-electron chi connectivity index (χ0n) is 13.2. The van der Waals surface area contributed by atoms with Gasteiger partial charge in [0, 0.05) is 18.7 Å². The van der Waals surface area contributed by atoms with Gasteiger partial charge in [-0.05, 0) is 25.6 Å². The van der Waals surface area contributed by atoms with Crippen molar-refractivity contribution in [3.63, 3.8) is 0 Å². The molecule has 0 aliphatic carbocycles. The summed E-state index contributed by atoms with van der Waals surface area (Å²) in [7, 11) is 1.64. The lowest BCUT2D eigenvalue weighted by molar-refractivity contribution is -0.199. The third kappa shape index (κ3) is 3.54. The van der Waals surface area contributed by atoms with Gasteiger partial charge in [0.1, 0.15) is 30.3 Å². The maximum absolute atomic E-state index is 14.4. The molecule has 1 unspecified atom stereocenters. The molecule has 25 heavy (non-hydrogen) atoms. The van der Waals surface area contributed by atoms with Crippen LogP contribution in [0, 0.1) is 11.6 Å². The average Bonchev–Trinajstić information content (AvgIpc) is 2.92. The van der Waals surface area contributed by atoms with Gasteiger partial charge in [-0.25, -0.2) is 18.4 Å². The molecular formula is C14H14ClF5N4O. The van der Waals surface area contributed by atoms with Crippen LogP contribution in [0.1, 0.15) is 12.5 Å². The molecule has 1 heterocycles. The SMILES string of the molecule is CNCCOc1cc(F)c(C(C)(n2ncnc2Cl)C(F)(F)F)c(F)c1. The monoisotopic (exact) mass is 384 g/mol. The van der Waals surface area contributed by atoms with Crippen molar-refractivity contribution >= 4 is 11.6 Å². The van der Waals surface area contributed by atoms with E-state index in [1.807, 2.05) is 0 Å². The Bertz CT molecular complexity index is 728. The van der Waals surface area contributed by atoms with Crippen LogP contribution in [0.3, 0.4) is 0 Å². The highest BCUT2D eigenvalue weighted by molar-refractivity contribution is 6.28. The molecule has 0 radical (unpaired) electrons. The van der Waals surface area contributed by atoms with Crippen LogP contribution in [0.15, 0.2) is 18.5 Å². The van der Waals surface area contributed by atoms with Gasteiger partial charge in [0.05, 0.1) is 5.56 Å². The summed E-state index contributed by atoms with van der Waals surface area (Å²) in [6, 6.07) is 1.37. The van der Waals surface area contributed by atoms with E-state index in [2.05, 4.69) is 15.4 Å². The van der Waals surface area contributed by atoms with Gasteiger partial charge in [0.2, 0.25) is 5.28 Å². The van der Waals surface area contributed by atoms with Crippen molar-refractivity contribution in [3.8, 4) is 5.75 Å². The van der Waals surface area contributed by atoms with E-state index in [0.29, 0.717) is 25.6 Å². The molecule has 0 saturated carbocycles. The van der Waals surface area contributed by atoms with E-state index in [1.165, 1.54) is 0 Å². The molecule has 5 nitrogen and oxygen atoms in total. The van der Waals surface area contributed by atoms with E-state index in [-0.39, 0.29) is 17.0 Å².